The van der Waals surface area contributed by atoms with E-state index in [0.29, 0.717) is 19.8 Å². The van der Waals surface area contributed by atoms with Crippen LogP contribution in [0.5, 0.6) is 0 Å². The Hall–Kier alpha value is 0.328. The van der Waals surface area contributed by atoms with E-state index in [1.54, 1.807) is 0 Å². The normalized spacial score (nSPS) is 2.80. The van der Waals surface area contributed by atoms with E-state index < -0.39 is 0 Å². The van der Waals surface area contributed by atoms with E-state index in [2.05, 4.69) is 0 Å². The van der Waals surface area contributed by atoms with Crippen LogP contribution in [0.15, 0.2) is 0 Å². The zero-order valence-electron chi connectivity index (χ0n) is 6.61. The molecule has 4 N–H and O–H groups in total. The van der Waals surface area contributed by atoms with Gasteiger partial charge in [0.15, 0.2) is 0 Å². The van der Waals surface area contributed by atoms with E-state index in [-0.39, 0.29) is 0 Å². The van der Waals surface area contributed by atoms with Crippen LogP contribution in [0.3, 0.4) is 0 Å². The molecule has 0 bridgehead atoms. The molecule has 0 aliphatic carbocycles. The molecule has 0 atom stereocenters. The topological polar surface area (TPSA) is 98.0 Å². The van der Waals surface area contributed by atoms with Crippen molar-refractivity contribution in [1.82, 2.24) is 0 Å². The summed E-state index contributed by atoms with van der Waals surface area (Å²) in [5, 5.41) is 28.0. The zero-order chi connectivity index (χ0) is 10.0. The molecule has 10 heavy (non-hydrogen) atoms. The molecule has 0 amide bonds. The first-order valence-corrected chi connectivity index (χ1v) is 2.77. The van der Waals surface area contributed by atoms with Crippen LogP contribution in [-0.4, -0.2) is 48.9 Å². The van der Waals surface area contributed by atoms with E-state index in [0.717, 1.165) is 28.4 Å². The van der Waals surface area contributed by atoms with Crippen LogP contribution in [0.25, 0.3) is 0 Å². The monoisotopic (exact) mass is 242 g/mol. The molecule has 0 fully saturated rings. The SMILES string of the molecule is CO.CO.CO.CO.[O]=[Mo]. The van der Waals surface area contributed by atoms with Crippen molar-refractivity contribution in [2.75, 3.05) is 28.4 Å². The van der Waals surface area contributed by atoms with E-state index in [1.807, 2.05) is 0 Å². The van der Waals surface area contributed by atoms with Gasteiger partial charge in [-0.25, -0.2) is 0 Å². The van der Waals surface area contributed by atoms with Crippen LogP contribution in [0.4, 0.5) is 0 Å². The Morgan fingerprint density at radius 3 is 0.600 bits per heavy atom. The molecule has 0 aromatic rings. The van der Waals surface area contributed by atoms with Crippen LogP contribution in [0, 0.1) is 0 Å². The predicted molar refractivity (Wildman–Crippen MR) is 33.3 cm³/mol. The second-order valence-electron chi connectivity index (χ2n) is 0. The van der Waals surface area contributed by atoms with Crippen molar-refractivity contribution in [3.63, 3.8) is 0 Å². The van der Waals surface area contributed by atoms with Crippen molar-refractivity contribution in [3.8, 4) is 0 Å². The van der Waals surface area contributed by atoms with Gasteiger partial charge in [-0.1, -0.05) is 0 Å². The molecule has 0 unspecified atom stereocenters. The van der Waals surface area contributed by atoms with Gasteiger partial charge in [0.25, 0.3) is 0 Å². The van der Waals surface area contributed by atoms with E-state index in [9.17, 15) is 0 Å². The number of aliphatic hydroxyl groups is 4. The van der Waals surface area contributed by atoms with Crippen molar-refractivity contribution < 1.29 is 43.6 Å². The van der Waals surface area contributed by atoms with E-state index >= 15 is 0 Å². The van der Waals surface area contributed by atoms with Crippen LogP contribution in [0.1, 0.15) is 0 Å². The molecule has 0 rings (SSSR count). The standard InChI is InChI=1S/4CH4O.Mo.O/c4*1-2;;/h4*2H,1H3;;. The Labute approximate surface area is 72.5 Å². The van der Waals surface area contributed by atoms with Crippen LogP contribution in [0.2, 0.25) is 0 Å². The van der Waals surface area contributed by atoms with Gasteiger partial charge in [-0.15, -0.1) is 0 Å². The summed E-state index contributed by atoms with van der Waals surface area (Å²) in [6.45, 7) is 0. The summed E-state index contributed by atoms with van der Waals surface area (Å²) in [5.74, 6) is 0. The molecule has 0 radical (unpaired) electrons. The minimum absolute atomic E-state index is 0.700. The average molecular weight is 240 g/mol. The first-order chi connectivity index (χ1) is 5.00. The van der Waals surface area contributed by atoms with Gasteiger partial charge in [0.05, 0.1) is 0 Å². The maximum absolute atomic E-state index is 8.26. The Morgan fingerprint density at radius 1 is 0.600 bits per heavy atom. The second kappa shape index (κ2) is 6000. The van der Waals surface area contributed by atoms with Gasteiger partial charge in [-0.2, -0.15) is 0 Å². The van der Waals surface area contributed by atoms with Crippen molar-refractivity contribution >= 4 is 0 Å². The van der Waals surface area contributed by atoms with Crippen molar-refractivity contribution in [3.05, 3.63) is 0 Å². The molecule has 0 spiro atoms. The number of hydrogen-bond donors (Lipinski definition) is 4. The average Bonchev–Trinajstić information content (AvgIpc) is 2.20. The molecular weight excluding hydrogens is 224 g/mol. The molecule has 0 saturated carbocycles. The molecule has 68 valence electrons. The number of aliphatic hydroxyl groups excluding tert-OH is 4. The molecular formula is C4H16MoO5. The molecule has 0 heterocycles. The third-order valence-electron chi connectivity index (χ3n) is 0. The Morgan fingerprint density at radius 2 is 0.600 bits per heavy atom. The molecule has 0 aromatic heterocycles. The maximum atomic E-state index is 8.26. The van der Waals surface area contributed by atoms with Crippen LogP contribution >= 0.6 is 0 Å². The molecule has 6 heteroatoms. The summed E-state index contributed by atoms with van der Waals surface area (Å²) in [5.41, 5.74) is 0. The van der Waals surface area contributed by atoms with Crippen LogP contribution in [-0.2, 0) is 23.2 Å². The fourth-order valence-electron chi connectivity index (χ4n) is 0. The Bertz CT molecular complexity index is 13.6. The van der Waals surface area contributed by atoms with Gasteiger partial charge >= 0.3 is 23.2 Å². The summed E-state index contributed by atoms with van der Waals surface area (Å²) < 4.78 is 8.26. The van der Waals surface area contributed by atoms with Gasteiger partial charge in [0.2, 0.25) is 0 Å². The second-order valence-corrected chi connectivity index (χ2v) is 0. The van der Waals surface area contributed by atoms with Gasteiger partial charge in [0, 0.05) is 28.4 Å². The van der Waals surface area contributed by atoms with Crippen molar-refractivity contribution in [2.45, 2.75) is 0 Å². The van der Waals surface area contributed by atoms with E-state index in [4.69, 9.17) is 23.8 Å². The Balaban J connectivity index is -0.0000000104. The summed E-state index contributed by atoms with van der Waals surface area (Å²) in [6.07, 6.45) is 0. The van der Waals surface area contributed by atoms with Gasteiger partial charge in [0.1, 0.15) is 0 Å². The van der Waals surface area contributed by atoms with Crippen LogP contribution < -0.4 is 0 Å². The molecule has 0 aromatic carbocycles. The predicted octanol–water partition coefficient (Wildman–Crippen LogP) is -1.69. The van der Waals surface area contributed by atoms with Crippen molar-refractivity contribution in [2.24, 2.45) is 0 Å². The summed E-state index contributed by atoms with van der Waals surface area (Å²) in [4.78, 5) is 0. The molecule has 0 saturated heterocycles. The van der Waals surface area contributed by atoms with Gasteiger partial charge < -0.3 is 20.4 Å². The van der Waals surface area contributed by atoms with Gasteiger partial charge in [-0.3, -0.25) is 0 Å². The molecule has 5 nitrogen and oxygen atoms in total. The Kier molecular flexibility index (Phi) is 19000. The minimum atomic E-state index is 0.700. The summed E-state index contributed by atoms with van der Waals surface area (Å²) >= 11 is 0.700. The van der Waals surface area contributed by atoms with E-state index in [1.165, 1.54) is 0 Å². The van der Waals surface area contributed by atoms with Crippen molar-refractivity contribution in [1.29, 1.82) is 0 Å². The fraction of sp³-hybridized carbons (Fsp3) is 1.00. The number of hydrogen-bond acceptors (Lipinski definition) is 5. The molecule has 0 aliphatic rings. The summed E-state index contributed by atoms with van der Waals surface area (Å²) in [6, 6.07) is 0. The molecule has 0 aliphatic heterocycles. The first-order valence-electron chi connectivity index (χ1n) is 1.96. The van der Waals surface area contributed by atoms with Gasteiger partial charge in [-0.05, 0) is 0 Å². The quantitative estimate of drug-likeness (QED) is 0.379. The summed E-state index contributed by atoms with van der Waals surface area (Å²) in [7, 11) is 4.00. The zero-order valence-corrected chi connectivity index (χ0v) is 8.61. The third-order valence-corrected chi connectivity index (χ3v) is 0. The first kappa shape index (κ1) is 31.7. The third kappa shape index (κ3) is 4150. The number of rotatable bonds is 0. The fourth-order valence-corrected chi connectivity index (χ4v) is 0.